The topological polar surface area (TPSA) is 60.0 Å². The second kappa shape index (κ2) is 9.61. The van der Waals surface area contributed by atoms with Gasteiger partial charge in [-0.2, -0.15) is 0 Å². The monoisotopic (exact) mass is 405 g/mol. The molecule has 0 bridgehead atoms. The van der Waals surface area contributed by atoms with E-state index in [1.165, 1.54) is 55.0 Å². The Labute approximate surface area is 180 Å². The number of nitrogens with two attached hydrogens (primary N) is 1. The van der Waals surface area contributed by atoms with E-state index in [1.54, 1.807) is 5.69 Å². The van der Waals surface area contributed by atoms with Crippen LogP contribution < -0.4 is 5.73 Å². The van der Waals surface area contributed by atoms with Crippen molar-refractivity contribution in [3.8, 4) is 11.1 Å². The van der Waals surface area contributed by atoms with Crippen LogP contribution in [-0.4, -0.2) is 32.5 Å². The molecule has 160 valence electrons. The smallest absolute Gasteiger partial charge is 0.219 e. The van der Waals surface area contributed by atoms with Gasteiger partial charge in [0, 0.05) is 60.6 Å². The quantitative estimate of drug-likeness (QED) is 0.483. The highest BCUT2D eigenvalue weighted by Gasteiger charge is 2.23. The van der Waals surface area contributed by atoms with Gasteiger partial charge in [-0.15, -0.1) is 0 Å². The van der Waals surface area contributed by atoms with Gasteiger partial charge in [-0.05, 0) is 36.2 Å². The number of aromatic nitrogens is 3. The number of hydrogen-bond acceptors (Lipinski definition) is 4. The summed E-state index contributed by atoms with van der Waals surface area (Å²) in [6.45, 7) is 8.99. The second-order valence-electron chi connectivity index (χ2n) is 8.53. The second-order valence-corrected chi connectivity index (χ2v) is 8.53. The van der Waals surface area contributed by atoms with Crippen LogP contribution in [0.2, 0.25) is 0 Å². The molecule has 0 amide bonds. The standard InChI is InChI=1S/C25H35N5/c1-3-5-6-7-8-9-13-30-23-11-10-19(20-16-27-25(26)28-17-20)15-21(23)22-18-29(4-2)14-12-24(22)30/h10-11,15-17H,3-9,12-14,18H2,1-2H3,(H2,26,27,28). The van der Waals surface area contributed by atoms with Crippen molar-refractivity contribution in [1.29, 1.82) is 0 Å². The van der Waals surface area contributed by atoms with Crippen molar-refractivity contribution >= 4 is 16.9 Å². The van der Waals surface area contributed by atoms with Gasteiger partial charge in [0.25, 0.3) is 0 Å². The van der Waals surface area contributed by atoms with E-state index >= 15 is 0 Å². The highest BCUT2D eigenvalue weighted by molar-refractivity contribution is 5.90. The van der Waals surface area contributed by atoms with Crippen LogP contribution in [0.25, 0.3) is 22.0 Å². The molecular weight excluding hydrogens is 370 g/mol. The molecule has 0 atom stereocenters. The van der Waals surface area contributed by atoms with Gasteiger partial charge in [-0.1, -0.05) is 52.0 Å². The molecule has 0 spiro atoms. The van der Waals surface area contributed by atoms with Crippen molar-refractivity contribution in [2.45, 2.75) is 71.9 Å². The van der Waals surface area contributed by atoms with Crippen LogP contribution >= 0.6 is 0 Å². The number of unbranched alkanes of at least 4 members (excludes halogenated alkanes) is 5. The van der Waals surface area contributed by atoms with E-state index in [0.29, 0.717) is 5.95 Å². The summed E-state index contributed by atoms with van der Waals surface area (Å²) < 4.78 is 2.61. The fraction of sp³-hybridized carbons (Fsp3) is 0.520. The Hall–Kier alpha value is -2.40. The van der Waals surface area contributed by atoms with Crippen molar-refractivity contribution in [2.75, 3.05) is 18.8 Å². The fourth-order valence-electron chi connectivity index (χ4n) is 4.75. The minimum atomic E-state index is 0.320. The summed E-state index contributed by atoms with van der Waals surface area (Å²) in [5.74, 6) is 0.320. The van der Waals surface area contributed by atoms with Gasteiger partial charge in [0.1, 0.15) is 0 Å². The van der Waals surface area contributed by atoms with Crippen LogP contribution in [0.4, 0.5) is 5.95 Å². The fourth-order valence-corrected chi connectivity index (χ4v) is 4.75. The van der Waals surface area contributed by atoms with E-state index < -0.39 is 0 Å². The Bertz CT molecular complexity index is 973. The van der Waals surface area contributed by atoms with Gasteiger partial charge in [0.15, 0.2) is 0 Å². The summed E-state index contributed by atoms with van der Waals surface area (Å²) in [6, 6.07) is 6.84. The van der Waals surface area contributed by atoms with Crippen molar-refractivity contribution in [3.05, 3.63) is 41.9 Å². The van der Waals surface area contributed by atoms with E-state index in [1.807, 2.05) is 12.4 Å². The number of nitrogen functional groups attached to an aromatic ring is 1. The molecule has 1 aliphatic heterocycles. The molecule has 1 aromatic carbocycles. The number of rotatable bonds is 9. The third-order valence-electron chi connectivity index (χ3n) is 6.52. The van der Waals surface area contributed by atoms with Crippen molar-refractivity contribution in [2.24, 2.45) is 0 Å². The Balaban J connectivity index is 1.64. The first-order valence-corrected chi connectivity index (χ1v) is 11.7. The molecule has 3 aromatic rings. The molecule has 0 fully saturated rings. The van der Waals surface area contributed by atoms with Gasteiger partial charge < -0.3 is 10.3 Å². The van der Waals surface area contributed by atoms with Crippen LogP contribution in [-0.2, 0) is 19.5 Å². The number of aryl methyl sites for hydroxylation is 1. The van der Waals surface area contributed by atoms with Crippen LogP contribution in [0.5, 0.6) is 0 Å². The first-order chi connectivity index (χ1) is 14.7. The summed E-state index contributed by atoms with van der Waals surface area (Å²) >= 11 is 0. The maximum Gasteiger partial charge on any atom is 0.219 e. The molecular formula is C25H35N5. The minimum Gasteiger partial charge on any atom is -0.368 e. The van der Waals surface area contributed by atoms with Gasteiger partial charge in [0.2, 0.25) is 5.95 Å². The number of anilines is 1. The minimum absolute atomic E-state index is 0.320. The number of benzene rings is 1. The highest BCUT2D eigenvalue weighted by atomic mass is 15.1. The molecule has 5 nitrogen and oxygen atoms in total. The van der Waals surface area contributed by atoms with Crippen molar-refractivity contribution < 1.29 is 0 Å². The van der Waals surface area contributed by atoms with Gasteiger partial charge in [0.05, 0.1) is 0 Å². The van der Waals surface area contributed by atoms with Gasteiger partial charge >= 0.3 is 0 Å². The van der Waals surface area contributed by atoms with E-state index in [0.717, 1.165) is 43.7 Å². The molecule has 0 saturated carbocycles. The molecule has 0 aliphatic carbocycles. The lowest BCUT2D eigenvalue weighted by molar-refractivity contribution is 0.265. The molecule has 3 heterocycles. The average Bonchev–Trinajstić information content (AvgIpc) is 3.09. The zero-order chi connectivity index (χ0) is 20.9. The molecule has 5 heteroatoms. The number of fused-ring (bicyclic) bond motifs is 3. The lowest BCUT2D eigenvalue weighted by Gasteiger charge is -2.27. The molecule has 2 aromatic heterocycles. The van der Waals surface area contributed by atoms with E-state index in [9.17, 15) is 0 Å². The first-order valence-electron chi connectivity index (χ1n) is 11.7. The van der Waals surface area contributed by atoms with E-state index in [2.05, 4.69) is 51.5 Å². The molecule has 30 heavy (non-hydrogen) atoms. The Morgan fingerprint density at radius 2 is 1.73 bits per heavy atom. The predicted molar refractivity (Wildman–Crippen MR) is 125 cm³/mol. The predicted octanol–water partition coefficient (Wildman–Crippen LogP) is 5.42. The maximum absolute atomic E-state index is 5.67. The van der Waals surface area contributed by atoms with Crippen LogP contribution in [0.1, 0.15) is 63.6 Å². The summed E-state index contributed by atoms with van der Waals surface area (Å²) in [5.41, 5.74) is 12.3. The zero-order valence-electron chi connectivity index (χ0n) is 18.5. The summed E-state index contributed by atoms with van der Waals surface area (Å²) in [4.78, 5) is 10.9. The molecule has 1 aliphatic rings. The number of hydrogen-bond donors (Lipinski definition) is 1. The summed E-state index contributed by atoms with van der Waals surface area (Å²) in [7, 11) is 0. The molecule has 0 radical (unpaired) electrons. The zero-order valence-corrected chi connectivity index (χ0v) is 18.5. The largest absolute Gasteiger partial charge is 0.368 e. The normalized spacial score (nSPS) is 14.3. The Morgan fingerprint density at radius 1 is 0.967 bits per heavy atom. The van der Waals surface area contributed by atoms with E-state index in [4.69, 9.17) is 5.73 Å². The number of likely N-dealkylation sites (N-methyl/N-ethyl adjacent to an activating group) is 1. The van der Waals surface area contributed by atoms with E-state index in [-0.39, 0.29) is 0 Å². The Morgan fingerprint density at radius 3 is 2.50 bits per heavy atom. The first kappa shape index (κ1) is 20.9. The third kappa shape index (κ3) is 4.36. The lowest BCUT2D eigenvalue weighted by Crippen LogP contribution is -2.30. The lowest BCUT2D eigenvalue weighted by atomic mass is 10.0. The maximum atomic E-state index is 5.67. The summed E-state index contributed by atoms with van der Waals surface area (Å²) in [6.07, 6.45) is 12.8. The molecule has 2 N–H and O–H groups in total. The third-order valence-corrected chi connectivity index (χ3v) is 6.52. The Kier molecular flexibility index (Phi) is 6.68. The molecule has 0 unspecified atom stereocenters. The highest BCUT2D eigenvalue weighted by Crippen LogP contribution is 2.34. The van der Waals surface area contributed by atoms with Crippen molar-refractivity contribution in [1.82, 2.24) is 19.4 Å². The summed E-state index contributed by atoms with van der Waals surface area (Å²) in [5, 5.41) is 1.39. The van der Waals surface area contributed by atoms with Crippen molar-refractivity contribution in [3.63, 3.8) is 0 Å². The molecule has 0 saturated heterocycles. The van der Waals surface area contributed by atoms with Crippen LogP contribution in [0, 0.1) is 0 Å². The average molecular weight is 406 g/mol. The van der Waals surface area contributed by atoms with Crippen LogP contribution in [0.15, 0.2) is 30.6 Å². The molecule has 4 rings (SSSR count). The SMILES string of the molecule is CCCCCCCCn1c2c(c3cc(-c4cnc(N)nc4)ccc31)CN(CC)CC2. The van der Waals surface area contributed by atoms with Crippen LogP contribution in [0.3, 0.4) is 0 Å². The number of nitrogens with zero attached hydrogens (tertiary/aromatic N) is 4. The van der Waals surface area contributed by atoms with Gasteiger partial charge in [-0.25, -0.2) is 9.97 Å². The van der Waals surface area contributed by atoms with Gasteiger partial charge in [-0.3, -0.25) is 4.90 Å².